The van der Waals surface area contributed by atoms with Crippen molar-refractivity contribution < 1.29 is 28.9 Å². The number of aliphatic hydroxyl groups excluding tert-OH is 1. The molecule has 0 radical (unpaired) electrons. The van der Waals surface area contributed by atoms with Crippen LogP contribution in [0.2, 0.25) is 0 Å². The minimum atomic E-state index is -0.693. The van der Waals surface area contributed by atoms with Crippen molar-refractivity contribution in [3.05, 3.63) is 65.2 Å². The molecule has 0 bridgehead atoms. The number of hydrogen-bond donors (Lipinski definition) is 1. The molecule has 8 heteroatoms. The summed E-state index contributed by atoms with van der Waals surface area (Å²) in [6.45, 7) is 6.68. The van der Waals surface area contributed by atoms with Crippen molar-refractivity contribution >= 4 is 17.4 Å². The summed E-state index contributed by atoms with van der Waals surface area (Å²) in [5.41, 5.74) is 1.25. The number of rotatable bonds is 9. The number of ether oxygens (including phenoxy) is 3. The highest BCUT2D eigenvalue weighted by atomic mass is 16.5. The molecule has 0 spiro atoms. The highest BCUT2D eigenvalue weighted by Gasteiger charge is 2.45. The Balaban J connectivity index is 1.67. The molecule has 1 atom stereocenters. The second-order valence-corrected chi connectivity index (χ2v) is 8.53. The van der Waals surface area contributed by atoms with Gasteiger partial charge in [0, 0.05) is 31.7 Å². The molecule has 8 nitrogen and oxygen atoms in total. The zero-order chi connectivity index (χ0) is 24.8. The van der Waals surface area contributed by atoms with Gasteiger partial charge in [0.15, 0.2) is 0 Å². The normalized spacial score (nSPS) is 20.3. The van der Waals surface area contributed by atoms with E-state index in [1.165, 1.54) is 0 Å². The van der Waals surface area contributed by atoms with E-state index in [0.717, 1.165) is 25.2 Å². The molecule has 2 heterocycles. The summed E-state index contributed by atoms with van der Waals surface area (Å²) in [5.74, 6) is -0.243. The average Bonchev–Trinajstić information content (AvgIpc) is 3.14. The first-order valence-corrected chi connectivity index (χ1v) is 12.0. The lowest BCUT2D eigenvalue weighted by Crippen LogP contribution is -2.38. The van der Waals surface area contributed by atoms with Gasteiger partial charge in [-0.2, -0.15) is 0 Å². The monoisotopic (exact) mass is 480 g/mol. The minimum Gasteiger partial charge on any atom is -0.507 e. The van der Waals surface area contributed by atoms with Crippen LogP contribution >= 0.6 is 0 Å². The number of likely N-dealkylation sites (tertiary alicyclic amines) is 1. The summed E-state index contributed by atoms with van der Waals surface area (Å²) in [7, 11) is 1.58. The molecule has 0 aromatic heterocycles. The van der Waals surface area contributed by atoms with Crippen LogP contribution in [0.1, 0.15) is 30.5 Å². The van der Waals surface area contributed by atoms with Gasteiger partial charge in [0.05, 0.1) is 38.5 Å². The van der Waals surface area contributed by atoms with E-state index in [9.17, 15) is 14.7 Å². The van der Waals surface area contributed by atoms with E-state index in [4.69, 9.17) is 14.2 Å². The maximum atomic E-state index is 13.2. The molecule has 2 saturated heterocycles. The molecule has 1 amide bonds. The van der Waals surface area contributed by atoms with Gasteiger partial charge in [0.1, 0.15) is 17.3 Å². The van der Waals surface area contributed by atoms with Gasteiger partial charge in [0.25, 0.3) is 11.7 Å². The number of carbonyl (C=O) groups excluding carboxylic acids is 2. The first-order chi connectivity index (χ1) is 17.0. The number of carbonyl (C=O) groups is 2. The third-order valence-electron chi connectivity index (χ3n) is 6.37. The molecule has 0 saturated carbocycles. The fourth-order valence-electron chi connectivity index (χ4n) is 4.59. The fourth-order valence-corrected chi connectivity index (χ4v) is 4.59. The third-order valence-corrected chi connectivity index (χ3v) is 6.37. The van der Waals surface area contributed by atoms with Crippen LogP contribution in [0.5, 0.6) is 11.5 Å². The van der Waals surface area contributed by atoms with Gasteiger partial charge in [-0.3, -0.25) is 14.5 Å². The van der Waals surface area contributed by atoms with E-state index in [1.54, 1.807) is 48.4 Å². The first-order valence-electron chi connectivity index (χ1n) is 12.0. The van der Waals surface area contributed by atoms with Crippen LogP contribution in [0, 0.1) is 0 Å². The van der Waals surface area contributed by atoms with Gasteiger partial charge >= 0.3 is 0 Å². The summed E-state index contributed by atoms with van der Waals surface area (Å²) in [4.78, 5) is 30.2. The van der Waals surface area contributed by atoms with Crippen molar-refractivity contribution in [1.29, 1.82) is 0 Å². The molecular formula is C27H32N2O6. The molecule has 2 aliphatic heterocycles. The lowest BCUT2D eigenvalue weighted by atomic mass is 9.95. The fraction of sp³-hybridized carbons (Fsp3) is 0.407. The predicted molar refractivity (Wildman–Crippen MR) is 131 cm³/mol. The quantitative estimate of drug-likeness (QED) is 0.335. The van der Waals surface area contributed by atoms with Crippen LogP contribution in [0.3, 0.4) is 0 Å². The van der Waals surface area contributed by atoms with Crippen molar-refractivity contribution in [2.45, 2.75) is 19.4 Å². The van der Waals surface area contributed by atoms with Gasteiger partial charge in [-0.05, 0) is 43.2 Å². The Hall–Kier alpha value is -3.36. The second-order valence-electron chi connectivity index (χ2n) is 8.53. The van der Waals surface area contributed by atoms with E-state index in [-0.39, 0.29) is 11.3 Å². The number of benzene rings is 2. The van der Waals surface area contributed by atoms with Crippen molar-refractivity contribution in [1.82, 2.24) is 9.80 Å². The number of nitrogens with zero attached hydrogens (tertiary/aromatic N) is 2. The van der Waals surface area contributed by atoms with Crippen molar-refractivity contribution in [3.63, 3.8) is 0 Å². The summed E-state index contributed by atoms with van der Waals surface area (Å²) in [5, 5.41) is 11.3. The maximum absolute atomic E-state index is 13.2. The Labute approximate surface area is 205 Å². The summed E-state index contributed by atoms with van der Waals surface area (Å²) in [6.07, 6.45) is 0.708. The van der Waals surface area contributed by atoms with Crippen LogP contribution in [0.15, 0.2) is 54.1 Å². The number of methoxy groups -OCH3 is 1. The van der Waals surface area contributed by atoms with Gasteiger partial charge < -0.3 is 24.2 Å². The highest BCUT2D eigenvalue weighted by molar-refractivity contribution is 6.46. The molecule has 0 aliphatic carbocycles. The van der Waals surface area contributed by atoms with Crippen molar-refractivity contribution in [2.75, 3.05) is 53.1 Å². The van der Waals surface area contributed by atoms with Crippen molar-refractivity contribution in [3.8, 4) is 11.5 Å². The van der Waals surface area contributed by atoms with Gasteiger partial charge in [0.2, 0.25) is 0 Å². The molecule has 4 rings (SSSR count). The first kappa shape index (κ1) is 24.8. The maximum Gasteiger partial charge on any atom is 0.295 e. The summed E-state index contributed by atoms with van der Waals surface area (Å²) in [6, 6.07) is 13.5. The molecule has 1 N–H and O–H groups in total. The van der Waals surface area contributed by atoms with Crippen molar-refractivity contribution in [2.24, 2.45) is 0 Å². The second kappa shape index (κ2) is 11.4. The summed E-state index contributed by atoms with van der Waals surface area (Å²) >= 11 is 0. The molecule has 1 unspecified atom stereocenters. The Morgan fingerprint density at radius 3 is 2.49 bits per heavy atom. The number of hydrogen-bond acceptors (Lipinski definition) is 7. The average molecular weight is 481 g/mol. The topological polar surface area (TPSA) is 88.5 Å². The Morgan fingerprint density at radius 2 is 1.80 bits per heavy atom. The number of amides is 1. The van der Waals surface area contributed by atoms with E-state index >= 15 is 0 Å². The number of aliphatic hydroxyl groups is 1. The van der Waals surface area contributed by atoms with Gasteiger partial charge in [-0.1, -0.05) is 24.3 Å². The van der Waals surface area contributed by atoms with Crippen LogP contribution in [0.4, 0.5) is 0 Å². The molecule has 2 fully saturated rings. The molecular weight excluding hydrogens is 448 g/mol. The molecule has 2 aromatic rings. The van der Waals surface area contributed by atoms with E-state index in [2.05, 4.69) is 4.90 Å². The lowest BCUT2D eigenvalue weighted by molar-refractivity contribution is -0.140. The third kappa shape index (κ3) is 5.49. The van der Waals surface area contributed by atoms with Crippen LogP contribution < -0.4 is 9.47 Å². The van der Waals surface area contributed by atoms with Gasteiger partial charge in [-0.15, -0.1) is 0 Å². The Kier molecular flexibility index (Phi) is 8.05. The minimum absolute atomic E-state index is 0.0835. The standard InChI is InChI=1S/C27H32N2O6/c1-3-35-22-7-4-6-20(18-22)25(30)23-24(19-8-10-21(33-2)11-9-19)29(27(32)26(23)31)13-5-12-28-14-16-34-17-15-28/h4,6-11,18,24,30H,3,5,12-17H2,1-2H3. The zero-order valence-electron chi connectivity index (χ0n) is 20.2. The number of Topliss-reactive ketones (excluding diaryl/α,β-unsaturated/α-hetero) is 1. The molecule has 186 valence electrons. The Bertz CT molecular complexity index is 1080. The van der Waals surface area contributed by atoms with Crippen LogP contribution in [-0.2, 0) is 14.3 Å². The number of morpholine rings is 1. The zero-order valence-corrected chi connectivity index (χ0v) is 20.2. The number of ketones is 1. The van der Waals surface area contributed by atoms with E-state index < -0.39 is 17.7 Å². The lowest BCUT2D eigenvalue weighted by Gasteiger charge is -2.29. The van der Waals surface area contributed by atoms with Gasteiger partial charge in [-0.25, -0.2) is 0 Å². The largest absolute Gasteiger partial charge is 0.507 e. The van der Waals surface area contributed by atoms with E-state index in [1.807, 2.05) is 19.1 Å². The van der Waals surface area contributed by atoms with Crippen LogP contribution in [0.25, 0.3) is 5.76 Å². The predicted octanol–water partition coefficient (Wildman–Crippen LogP) is 3.24. The molecule has 2 aromatic carbocycles. The molecule has 2 aliphatic rings. The highest BCUT2D eigenvalue weighted by Crippen LogP contribution is 2.40. The Morgan fingerprint density at radius 1 is 1.06 bits per heavy atom. The SMILES string of the molecule is CCOc1cccc(C(O)=C2C(=O)C(=O)N(CCCN3CCOCC3)C2c2ccc(OC)cc2)c1. The van der Waals surface area contributed by atoms with Crippen LogP contribution in [-0.4, -0.2) is 79.7 Å². The smallest absolute Gasteiger partial charge is 0.295 e. The summed E-state index contributed by atoms with van der Waals surface area (Å²) < 4.78 is 16.2. The molecule has 35 heavy (non-hydrogen) atoms. The van der Waals surface area contributed by atoms with E-state index in [0.29, 0.717) is 49.8 Å².